The van der Waals surface area contributed by atoms with Crippen LogP contribution < -0.4 is 11.5 Å². The first kappa shape index (κ1) is 100. The molecule has 0 spiro atoms. The van der Waals surface area contributed by atoms with Crippen molar-refractivity contribution in [2.75, 3.05) is 47.0 Å². The number of hydrogen-bond donors (Lipinski definition) is 4. The van der Waals surface area contributed by atoms with Gasteiger partial charge in [-0.3, -0.25) is 38.8 Å². The Kier molecular flexibility index (Phi) is 35.0. The Morgan fingerprint density at radius 1 is 0.388 bits per heavy atom. The number of aromatic amines is 1. The minimum atomic E-state index is -1.18. The van der Waals surface area contributed by atoms with Crippen LogP contribution in [0.1, 0.15) is 105 Å². The van der Waals surface area contributed by atoms with Gasteiger partial charge in [0.2, 0.25) is 11.8 Å². The Morgan fingerprint density at radius 3 is 0.918 bits per heavy atom. The molecule has 0 unspecified atom stereocenters. The second-order valence-electron chi connectivity index (χ2n) is 35.3. The zero-order chi connectivity index (χ0) is 96.4. The number of carbonyl (C=O) groups is 7. The molecule has 6 N–H and O–H groups in total. The van der Waals surface area contributed by atoms with Crippen molar-refractivity contribution in [3.63, 3.8) is 0 Å². The Hall–Kier alpha value is -14.2. The van der Waals surface area contributed by atoms with Gasteiger partial charge in [-0.05, 0) is 122 Å². The molecule has 6 heterocycles. The van der Waals surface area contributed by atoms with E-state index in [0.29, 0.717) is 95.0 Å². The number of nitrogens with zero attached hydrogens (tertiary/aromatic N) is 17. The van der Waals surface area contributed by atoms with E-state index >= 15 is 0 Å². The smallest absolute Gasteiger partial charge is 0.358 e. The van der Waals surface area contributed by atoms with E-state index in [1.54, 1.807) is 66.1 Å². The summed E-state index contributed by atoms with van der Waals surface area (Å²) in [5, 5.41) is 45.7. The molecule has 0 aliphatic carbocycles. The van der Waals surface area contributed by atoms with Crippen LogP contribution in [0.5, 0.6) is 0 Å². The number of carbonyl (C=O) groups excluding carboxylic acids is 6. The van der Waals surface area contributed by atoms with Crippen LogP contribution in [0.2, 0.25) is 77.1 Å². The summed E-state index contributed by atoms with van der Waals surface area (Å²) in [5.74, 6) is -2.65. The molecule has 35 heteroatoms. The number of ketones is 3. The number of aromatic nitrogens is 12. The third-order valence-corrected chi connectivity index (χ3v) is 26.3. The standard InChI is InChI=1S/C26H33N5O3Si.C25H29N5O2Si.C23H28N4O3Si.C18H13N5O2.C7H6BrNO/c1-19(32)24-25(29-31(28-24)18-34-15-16-35(4,5)6)22-11-7-20(8-12-22)21-9-13-23(14-10-21)26(33)27-17-30(2)3;1-18(31)24-25(29-30(28-24)17-32-13-14-33(2,3)4)22-11-7-20(8-12-22)19-5-9-21(10-6-19)23-15-26-16-27-23;1-16(28)21-22(26-27(25-21)15-30-13-14-31(2,3)4)19-9-5-17(6-10-19)18-7-11-20(12-8-18)23(24)29;24-18(25)17-16(21-23-22-17)14-7-3-12(4-8-14)11-1-5-13(6-2-11)15-9-19-10-20-15;8-6-3-1-5(2-4-6)7(9)10/h7-14,17H,15-16,18H2,1-6H3;5-12,16H,13-15,17H2,1-4H3;5-12H,13-15H2,1-4H3,(H2,24,29);1-8,10H,9H2,(H,24,25)(H,21,22,23);1-4H,(H2,9,10). The molecule has 0 radical (unpaired) electrons. The number of amides is 3. The molecular formula is C99H109BrN20O11Si3. The average molecular weight is 1920 g/mol. The largest absolute Gasteiger partial charge is 0.476 e. The van der Waals surface area contributed by atoms with Crippen molar-refractivity contribution < 1.29 is 52.9 Å². The molecule has 4 aromatic heterocycles. The number of ether oxygens (including phenoxy) is 3. The molecule has 3 amide bonds. The van der Waals surface area contributed by atoms with Crippen molar-refractivity contribution in [1.82, 2.24) is 65.3 Å². The normalized spacial score (nSPS) is 12.1. The Morgan fingerprint density at radius 2 is 0.657 bits per heavy atom. The van der Waals surface area contributed by atoms with E-state index in [0.717, 1.165) is 106 Å². The number of nitrogens with two attached hydrogens (primary N) is 2. The second kappa shape index (κ2) is 46.7. The maximum atomic E-state index is 12.2. The van der Waals surface area contributed by atoms with Crippen LogP contribution in [-0.4, -0.2) is 213 Å². The summed E-state index contributed by atoms with van der Waals surface area (Å²) in [6, 6.07) is 72.0. The maximum Gasteiger partial charge on any atom is 0.358 e. The predicted octanol–water partition coefficient (Wildman–Crippen LogP) is 18.3. The van der Waals surface area contributed by atoms with E-state index in [1.165, 1.54) is 41.5 Å². The maximum absolute atomic E-state index is 12.2. The van der Waals surface area contributed by atoms with Crippen LogP contribution >= 0.6 is 15.9 Å². The molecule has 0 atom stereocenters. The zero-order valence-corrected chi connectivity index (χ0v) is 82.0. The van der Waals surface area contributed by atoms with Crippen LogP contribution in [-0.2, 0) is 34.4 Å². The molecule has 13 aromatic rings. The van der Waals surface area contributed by atoms with Gasteiger partial charge < -0.3 is 35.7 Å². The number of nitrogens with one attached hydrogen (secondary N) is 1. The second-order valence-corrected chi connectivity index (χ2v) is 53.1. The number of hydrogen-bond acceptors (Lipinski definition) is 22. The quantitative estimate of drug-likeness (QED) is 0.00975. The lowest BCUT2D eigenvalue weighted by molar-refractivity contribution is 0.0681. The highest BCUT2D eigenvalue weighted by atomic mass is 79.9. The van der Waals surface area contributed by atoms with Gasteiger partial charge in [-0.25, -0.2) is 14.8 Å². The number of halogens is 1. The van der Waals surface area contributed by atoms with Crippen molar-refractivity contribution in [3.8, 4) is 89.5 Å². The lowest BCUT2D eigenvalue weighted by atomic mass is 10.00. The van der Waals surface area contributed by atoms with E-state index in [2.05, 4.69) is 170 Å². The van der Waals surface area contributed by atoms with Crippen molar-refractivity contribution in [1.29, 1.82) is 0 Å². The van der Waals surface area contributed by atoms with Gasteiger partial charge in [-0.2, -0.15) is 45.0 Å². The number of aliphatic imine (C=N–C) groups is 5. The van der Waals surface area contributed by atoms with E-state index in [4.69, 9.17) is 30.8 Å². The lowest BCUT2D eigenvalue weighted by Crippen LogP contribution is -2.22. The fourth-order valence-corrected chi connectivity index (χ4v) is 15.6. The number of carboxylic acids is 1. The molecule has 31 nitrogen and oxygen atoms in total. The number of rotatable bonds is 33. The molecule has 0 bridgehead atoms. The predicted molar refractivity (Wildman–Crippen MR) is 537 cm³/mol. The third kappa shape index (κ3) is 29.6. The van der Waals surface area contributed by atoms with E-state index in [9.17, 15) is 33.6 Å². The van der Waals surface area contributed by atoms with Crippen LogP contribution in [0.15, 0.2) is 248 Å². The van der Waals surface area contributed by atoms with Crippen LogP contribution in [0.25, 0.3) is 89.5 Å². The van der Waals surface area contributed by atoms with E-state index < -0.39 is 42.0 Å². The van der Waals surface area contributed by atoms with Gasteiger partial charge in [0.25, 0.3) is 5.91 Å². The number of Topliss-reactive ketones (excluding diaryl/α,β-unsaturated/α-hetero) is 3. The SMILES string of the molecule is CC(=O)c1nn(COCC[Si](C)(C)C)nc1-c1ccc(-c2ccc(C(=O)N=CN(C)C)cc2)cc1.CC(=O)c1nn(COCC[Si](C)(C)C)nc1-c1ccc(-c2ccc(C(N)=O)cc2)cc1.CC(=O)c1nn(COCC[Si](C)(C)C)nc1-c1ccc(-c2ccc(C3=NC=NC3)cc2)cc1.NC(=O)c1ccc(Br)cc1.O=C(O)c1n[nH]nc1-c1ccc(-c2ccc(C3=NC=NC3)cc2)cc1. The minimum absolute atomic E-state index is 0.0864. The molecule has 2 aliphatic rings. The zero-order valence-electron chi connectivity index (χ0n) is 77.5. The molecule has 0 saturated carbocycles. The minimum Gasteiger partial charge on any atom is -0.476 e. The molecule has 2 aliphatic heterocycles. The number of benzene rings is 9. The molecule has 134 heavy (non-hydrogen) atoms. The van der Waals surface area contributed by atoms with Crippen molar-refractivity contribution in [2.45, 2.75) is 118 Å². The molecular weight excluding hydrogens is 1810 g/mol. The summed E-state index contributed by atoms with van der Waals surface area (Å²) in [7, 11) is 0.127. The summed E-state index contributed by atoms with van der Waals surface area (Å²) in [4.78, 5) is 108. The Labute approximate surface area is 789 Å². The highest BCUT2D eigenvalue weighted by Crippen LogP contribution is 2.33. The van der Waals surface area contributed by atoms with Gasteiger partial charge in [-0.15, -0.1) is 20.4 Å². The van der Waals surface area contributed by atoms with Gasteiger partial charge >= 0.3 is 5.97 Å². The van der Waals surface area contributed by atoms with Gasteiger partial charge in [0.15, 0.2) is 60.3 Å². The first-order valence-electron chi connectivity index (χ1n) is 43.2. The number of H-pyrrole nitrogens is 1. The van der Waals surface area contributed by atoms with Crippen molar-refractivity contribution >= 4 is 112 Å². The van der Waals surface area contributed by atoms with Gasteiger partial charge in [0.05, 0.1) is 30.9 Å². The first-order valence-corrected chi connectivity index (χ1v) is 55.1. The first-order chi connectivity index (χ1) is 63.9. The van der Waals surface area contributed by atoms with Crippen molar-refractivity contribution in [3.05, 3.63) is 273 Å². The van der Waals surface area contributed by atoms with Crippen LogP contribution in [0, 0.1) is 0 Å². The molecule has 690 valence electrons. The Bertz CT molecular complexity index is 6420. The molecule has 15 rings (SSSR count). The van der Waals surface area contributed by atoms with Crippen molar-refractivity contribution in [2.24, 2.45) is 36.4 Å². The number of aromatic carboxylic acids is 1. The fraction of sp³-hybridized carbons (Fsp3) is 0.253. The highest BCUT2D eigenvalue weighted by molar-refractivity contribution is 9.10. The van der Waals surface area contributed by atoms with Gasteiger partial charge in [0.1, 0.15) is 35.5 Å². The van der Waals surface area contributed by atoms with E-state index in [-0.39, 0.29) is 49.1 Å². The van der Waals surface area contributed by atoms with E-state index in [1.807, 2.05) is 160 Å². The van der Waals surface area contributed by atoms with Gasteiger partial charge in [-0.1, -0.05) is 245 Å². The third-order valence-electron chi connectivity index (χ3n) is 20.6. The van der Waals surface area contributed by atoms with Crippen LogP contribution in [0.3, 0.4) is 0 Å². The summed E-state index contributed by atoms with van der Waals surface area (Å²) in [6.07, 6.45) is 4.67. The number of primary amides is 2. The number of carboxylic acid groups (broad SMARTS) is 1. The molecule has 0 fully saturated rings. The lowest BCUT2D eigenvalue weighted by Gasteiger charge is -2.14. The summed E-state index contributed by atoms with van der Waals surface area (Å²) in [6.45, 7) is 29.1. The average Bonchev–Trinajstić information content (AvgIpc) is 1.65. The summed E-state index contributed by atoms with van der Waals surface area (Å²) < 4.78 is 18.1. The summed E-state index contributed by atoms with van der Waals surface area (Å²) >= 11 is 3.24. The monoisotopic (exact) mass is 1920 g/mol. The fourth-order valence-electron chi connectivity index (χ4n) is 13.0. The molecule has 9 aromatic carbocycles. The summed E-state index contributed by atoms with van der Waals surface area (Å²) in [5.41, 5.74) is 30.2. The Balaban J connectivity index is 0.000000167. The topological polar surface area (TPSA) is 418 Å². The highest BCUT2D eigenvalue weighted by Gasteiger charge is 2.24. The van der Waals surface area contributed by atoms with Crippen LogP contribution in [0.4, 0.5) is 0 Å². The molecule has 0 saturated heterocycles. The van der Waals surface area contributed by atoms with Gasteiger partial charge in [0, 0.05) is 122 Å².